The predicted octanol–water partition coefficient (Wildman–Crippen LogP) is 4.05. The van der Waals surface area contributed by atoms with E-state index in [4.69, 9.17) is 27.9 Å². The highest BCUT2D eigenvalue weighted by atomic mass is 35.5. The molecule has 29 heavy (non-hydrogen) atoms. The number of hydrogen-bond acceptors (Lipinski definition) is 6. The number of alkyl halides is 1. The number of aromatic nitrogens is 3. The van der Waals surface area contributed by atoms with Gasteiger partial charge in [0.15, 0.2) is 17.4 Å². The smallest absolute Gasteiger partial charge is 0.255 e. The summed E-state index contributed by atoms with van der Waals surface area (Å²) in [6, 6.07) is 5.71. The van der Waals surface area contributed by atoms with Gasteiger partial charge in [0.25, 0.3) is 5.91 Å². The van der Waals surface area contributed by atoms with Crippen LogP contribution in [0.15, 0.2) is 42.9 Å². The van der Waals surface area contributed by atoms with Gasteiger partial charge in [-0.3, -0.25) is 9.78 Å². The third-order valence-corrected chi connectivity index (χ3v) is 4.27. The maximum absolute atomic E-state index is 14.2. The molecule has 0 atom stereocenters. The maximum Gasteiger partial charge on any atom is 0.255 e. The minimum absolute atomic E-state index is 0.107. The molecule has 3 aromatic rings. The fraction of sp³-hybridized carbons (Fsp3) is 0.158. The van der Waals surface area contributed by atoms with Crippen molar-refractivity contribution in [1.29, 1.82) is 0 Å². The second-order valence-corrected chi connectivity index (χ2v) is 6.54. The quantitative estimate of drug-likeness (QED) is 0.544. The van der Waals surface area contributed by atoms with E-state index in [9.17, 15) is 9.18 Å². The first-order valence-electron chi connectivity index (χ1n) is 8.45. The fourth-order valence-corrected chi connectivity index (χ4v) is 2.74. The number of anilines is 2. The molecule has 0 radical (unpaired) electrons. The Balaban J connectivity index is 1.99. The van der Waals surface area contributed by atoms with Crippen LogP contribution in [0.2, 0.25) is 5.02 Å². The molecule has 0 saturated carbocycles. The van der Waals surface area contributed by atoms with E-state index < -0.39 is 5.82 Å². The number of ether oxygens (including phenoxy) is 1. The highest BCUT2D eigenvalue weighted by Crippen LogP contribution is 2.30. The lowest BCUT2D eigenvalue weighted by atomic mass is 10.2. The summed E-state index contributed by atoms with van der Waals surface area (Å²) in [7, 11) is 1.45. The van der Waals surface area contributed by atoms with Gasteiger partial charge in [-0.15, -0.1) is 11.6 Å². The Hall–Kier alpha value is -2.97. The van der Waals surface area contributed by atoms with E-state index in [-0.39, 0.29) is 34.6 Å². The standard InChI is InChI=1S/C19H16Cl2FN5O2/c1-29-16-10-25-17(12-8-11(21)2-3-14(12)22)27-18(16)26-15-4-6-23-9-13(15)19(28)24-7-5-20/h2-4,6,8-10H,5,7H2,1H3,(H,24,28)(H,23,25,26,27). The van der Waals surface area contributed by atoms with Gasteiger partial charge in [-0.1, -0.05) is 11.6 Å². The zero-order chi connectivity index (χ0) is 20.8. The van der Waals surface area contributed by atoms with Crippen LogP contribution in [0.1, 0.15) is 10.4 Å². The molecule has 2 N–H and O–H groups in total. The van der Waals surface area contributed by atoms with Crippen molar-refractivity contribution in [3.05, 3.63) is 59.3 Å². The average molecular weight is 436 g/mol. The first-order chi connectivity index (χ1) is 14.0. The molecule has 0 aliphatic carbocycles. The first kappa shape index (κ1) is 20.8. The fourth-order valence-electron chi connectivity index (χ4n) is 2.48. The number of carbonyl (C=O) groups is 1. The molecule has 2 aromatic heterocycles. The van der Waals surface area contributed by atoms with Crippen molar-refractivity contribution in [2.24, 2.45) is 0 Å². The molecular weight excluding hydrogens is 420 g/mol. The Morgan fingerprint density at radius 1 is 1.28 bits per heavy atom. The van der Waals surface area contributed by atoms with Crippen molar-refractivity contribution in [2.45, 2.75) is 0 Å². The molecule has 2 heterocycles. The summed E-state index contributed by atoms with van der Waals surface area (Å²) >= 11 is 11.6. The molecule has 0 saturated heterocycles. The van der Waals surface area contributed by atoms with Crippen LogP contribution in [0.25, 0.3) is 11.4 Å². The molecule has 7 nitrogen and oxygen atoms in total. The average Bonchev–Trinajstić information content (AvgIpc) is 2.74. The van der Waals surface area contributed by atoms with E-state index in [0.29, 0.717) is 23.0 Å². The zero-order valence-corrected chi connectivity index (χ0v) is 16.8. The van der Waals surface area contributed by atoms with Gasteiger partial charge in [0, 0.05) is 29.8 Å². The minimum Gasteiger partial charge on any atom is -0.491 e. The number of hydrogen-bond donors (Lipinski definition) is 2. The number of nitrogens with one attached hydrogen (secondary N) is 2. The van der Waals surface area contributed by atoms with Crippen LogP contribution < -0.4 is 15.4 Å². The molecule has 1 amide bonds. The zero-order valence-electron chi connectivity index (χ0n) is 15.2. The number of nitrogens with zero attached hydrogens (tertiary/aromatic N) is 3. The Labute approximate surface area is 176 Å². The van der Waals surface area contributed by atoms with Crippen LogP contribution in [-0.4, -0.2) is 40.4 Å². The van der Waals surface area contributed by atoms with Crippen LogP contribution in [0, 0.1) is 5.82 Å². The van der Waals surface area contributed by atoms with Crippen molar-refractivity contribution in [3.63, 3.8) is 0 Å². The molecule has 0 bridgehead atoms. The molecule has 1 aromatic carbocycles. The van der Waals surface area contributed by atoms with Gasteiger partial charge in [0.2, 0.25) is 0 Å². The third-order valence-electron chi connectivity index (χ3n) is 3.84. The Morgan fingerprint density at radius 2 is 2.10 bits per heavy atom. The van der Waals surface area contributed by atoms with E-state index in [0.717, 1.165) is 0 Å². The second kappa shape index (κ2) is 9.49. The van der Waals surface area contributed by atoms with Crippen LogP contribution in [-0.2, 0) is 0 Å². The van der Waals surface area contributed by atoms with Gasteiger partial charge in [-0.2, -0.15) is 0 Å². The normalized spacial score (nSPS) is 10.5. The summed E-state index contributed by atoms with van der Waals surface area (Å²) in [5.41, 5.74) is 0.855. The number of pyridine rings is 1. The van der Waals surface area contributed by atoms with Crippen molar-refractivity contribution in [1.82, 2.24) is 20.3 Å². The lowest BCUT2D eigenvalue weighted by Crippen LogP contribution is -2.26. The summed E-state index contributed by atoms with van der Waals surface area (Å²) in [5.74, 6) is 0.0688. The van der Waals surface area contributed by atoms with Gasteiger partial charge < -0.3 is 15.4 Å². The number of amides is 1. The van der Waals surface area contributed by atoms with Gasteiger partial charge in [0.1, 0.15) is 5.82 Å². The van der Waals surface area contributed by atoms with E-state index in [1.807, 2.05) is 0 Å². The third kappa shape index (κ3) is 4.90. The number of benzene rings is 1. The van der Waals surface area contributed by atoms with Crippen LogP contribution >= 0.6 is 23.2 Å². The molecule has 0 fully saturated rings. The molecular formula is C19H16Cl2FN5O2. The van der Waals surface area contributed by atoms with Crippen molar-refractivity contribution in [2.75, 3.05) is 24.9 Å². The molecule has 150 valence electrons. The minimum atomic E-state index is -0.518. The molecule has 10 heteroatoms. The molecule has 3 rings (SSSR count). The SMILES string of the molecule is COc1cnc(-c2cc(Cl)ccc2F)nc1Nc1ccncc1C(=O)NCCCl. The number of halogens is 3. The largest absolute Gasteiger partial charge is 0.491 e. The van der Waals surface area contributed by atoms with Crippen LogP contribution in [0.3, 0.4) is 0 Å². The van der Waals surface area contributed by atoms with Crippen molar-refractivity contribution < 1.29 is 13.9 Å². The lowest BCUT2D eigenvalue weighted by Gasteiger charge is -2.14. The highest BCUT2D eigenvalue weighted by molar-refractivity contribution is 6.30. The lowest BCUT2D eigenvalue weighted by molar-refractivity contribution is 0.0956. The Kier molecular flexibility index (Phi) is 6.79. The first-order valence-corrected chi connectivity index (χ1v) is 9.36. The van der Waals surface area contributed by atoms with E-state index in [1.165, 1.54) is 43.9 Å². The summed E-state index contributed by atoms with van der Waals surface area (Å²) in [4.78, 5) is 24.8. The number of carbonyl (C=O) groups excluding carboxylic acids is 1. The Bertz CT molecular complexity index is 1040. The molecule has 0 aliphatic heterocycles. The van der Waals surface area contributed by atoms with Gasteiger partial charge in [-0.25, -0.2) is 14.4 Å². The monoisotopic (exact) mass is 435 g/mol. The molecule has 0 spiro atoms. The summed E-state index contributed by atoms with van der Waals surface area (Å²) in [5, 5.41) is 6.05. The van der Waals surface area contributed by atoms with E-state index >= 15 is 0 Å². The second-order valence-electron chi connectivity index (χ2n) is 5.73. The van der Waals surface area contributed by atoms with Gasteiger partial charge in [-0.05, 0) is 24.3 Å². The summed E-state index contributed by atoms with van der Waals surface area (Å²) < 4.78 is 19.5. The van der Waals surface area contributed by atoms with E-state index in [2.05, 4.69) is 25.6 Å². The number of methoxy groups -OCH3 is 1. The van der Waals surface area contributed by atoms with E-state index in [1.54, 1.807) is 6.07 Å². The topological polar surface area (TPSA) is 89.0 Å². The van der Waals surface area contributed by atoms with Gasteiger partial charge >= 0.3 is 0 Å². The van der Waals surface area contributed by atoms with Crippen molar-refractivity contribution >= 4 is 40.6 Å². The summed E-state index contributed by atoms with van der Waals surface area (Å²) in [6.45, 7) is 0.309. The molecule has 0 unspecified atom stereocenters. The molecule has 0 aliphatic rings. The van der Waals surface area contributed by atoms with Crippen molar-refractivity contribution in [3.8, 4) is 17.1 Å². The number of rotatable bonds is 7. The van der Waals surface area contributed by atoms with Crippen LogP contribution in [0.5, 0.6) is 5.75 Å². The Morgan fingerprint density at radius 3 is 2.86 bits per heavy atom. The van der Waals surface area contributed by atoms with Crippen LogP contribution in [0.4, 0.5) is 15.9 Å². The maximum atomic E-state index is 14.2. The summed E-state index contributed by atoms with van der Waals surface area (Å²) in [6.07, 6.45) is 4.34. The predicted molar refractivity (Wildman–Crippen MR) is 110 cm³/mol. The highest BCUT2D eigenvalue weighted by Gasteiger charge is 2.16. The van der Waals surface area contributed by atoms with Gasteiger partial charge in [0.05, 0.1) is 30.1 Å².